The molecule has 0 aliphatic heterocycles. The highest BCUT2D eigenvalue weighted by Crippen LogP contribution is 2.27. The van der Waals surface area contributed by atoms with E-state index in [-0.39, 0.29) is 16.7 Å². The summed E-state index contributed by atoms with van der Waals surface area (Å²) in [5.74, 6) is -0.375. The van der Waals surface area contributed by atoms with Gasteiger partial charge in [-0.05, 0) is 19.1 Å². The molecule has 1 N–H and O–H groups in total. The number of thiophene rings is 1. The molecule has 0 radical (unpaired) electrons. The molecule has 120 valence electrons. The van der Waals surface area contributed by atoms with Crippen molar-refractivity contribution in [1.82, 2.24) is 14.6 Å². The summed E-state index contributed by atoms with van der Waals surface area (Å²) in [6.07, 6.45) is 1.69. The number of aryl methyl sites for hydroxylation is 1. The molecule has 6 nitrogen and oxygen atoms in total. The molecule has 0 atom stereocenters. The molecule has 0 spiro atoms. The van der Waals surface area contributed by atoms with Gasteiger partial charge in [0.15, 0.2) is 0 Å². The number of nitrogens with one attached hydrogen (secondary N) is 1. The van der Waals surface area contributed by atoms with Crippen LogP contribution in [0, 0.1) is 6.92 Å². The van der Waals surface area contributed by atoms with Crippen molar-refractivity contribution in [3.63, 3.8) is 0 Å². The van der Waals surface area contributed by atoms with Crippen LogP contribution in [0.15, 0.2) is 22.5 Å². The maximum atomic E-state index is 12.2. The van der Waals surface area contributed by atoms with Gasteiger partial charge in [0.05, 0.1) is 22.4 Å². The third kappa shape index (κ3) is 4.26. The molecule has 0 aliphatic carbocycles. The maximum absolute atomic E-state index is 12.2. The van der Waals surface area contributed by atoms with E-state index in [2.05, 4.69) is 10.3 Å². The molecule has 2 aromatic rings. The molecule has 0 saturated carbocycles. The lowest BCUT2D eigenvalue weighted by Gasteiger charge is -2.15. The Morgan fingerprint density at radius 1 is 1.41 bits per heavy atom. The molecule has 0 aliphatic rings. The van der Waals surface area contributed by atoms with Crippen molar-refractivity contribution < 1.29 is 13.2 Å². The van der Waals surface area contributed by atoms with Crippen LogP contribution in [-0.4, -0.2) is 37.2 Å². The molecule has 0 aromatic carbocycles. The smallest absolute Gasteiger partial charge is 0.252 e. The predicted octanol–water partition coefficient (Wildman–Crippen LogP) is 2.10. The van der Waals surface area contributed by atoms with Gasteiger partial charge in [-0.25, -0.2) is 13.4 Å². The summed E-state index contributed by atoms with van der Waals surface area (Å²) in [4.78, 5) is 16.9. The summed E-state index contributed by atoms with van der Waals surface area (Å²) in [6.45, 7) is 1.96. The average molecular weight is 380 g/mol. The predicted molar refractivity (Wildman–Crippen MR) is 87.8 cm³/mol. The van der Waals surface area contributed by atoms with E-state index in [1.54, 1.807) is 6.20 Å². The van der Waals surface area contributed by atoms with Crippen LogP contribution in [0.1, 0.15) is 9.88 Å². The Bertz CT molecular complexity index is 769. The summed E-state index contributed by atoms with van der Waals surface area (Å²) in [5.41, 5.74) is 0. The minimum atomic E-state index is -3.70. The van der Waals surface area contributed by atoms with E-state index in [1.807, 2.05) is 6.92 Å². The van der Waals surface area contributed by atoms with Crippen molar-refractivity contribution in [3.05, 3.63) is 32.6 Å². The van der Waals surface area contributed by atoms with Gasteiger partial charge in [0.25, 0.3) is 10.0 Å². The second kappa shape index (κ2) is 7.05. The Morgan fingerprint density at radius 3 is 2.68 bits per heavy atom. The van der Waals surface area contributed by atoms with Gasteiger partial charge >= 0.3 is 0 Å². The number of halogens is 1. The van der Waals surface area contributed by atoms with Crippen molar-refractivity contribution in [3.8, 4) is 0 Å². The number of carbonyl (C=O) groups excluding carboxylic acids is 1. The third-order valence-electron chi connectivity index (χ3n) is 2.71. The van der Waals surface area contributed by atoms with Crippen molar-refractivity contribution >= 4 is 50.2 Å². The number of hydrogen-bond acceptors (Lipinski definition) is 6. The highest BCUT2D eigenvalue weighted by Gasteiger charge is 2.24. The molecule has 2 rings (SSSR count). The van der Waals surface area contributed by atoms with E-state index in [1.165, 1.54) is 30.5 Å². The fourth-order valence-electron chi connectivity index (χ4n) is 1.61. The summed E-state index contributed by atoms with van der Waals surface area (Å²) in [7, 11) is -2.33. The molecule has 0 unspecified atom stereocenters. The number of rotatable bonds is 6. The van der Waals surface area contributed by atoms with Crippen molar-refractivity contribution in [2.75, 3.05) is 13.6 Å². The van der Waals surface area contributed by atoms with Crippen LogP contribution in [0.5, 0.6) is 0 Å². The first-order valence-electron chi connectivity index (χ1n) is 6.18. The van der Waals surface area contributed by atoms with Gasteiger partial charge in [-0.1, -0.05) is 11.6 Å². The Balaban J connectivity index is 1.93. The fourth-order valence-corrected chi connectivity index (χ4v) is 5.16. The topological polar surface area (TPSA) is 79.4 Å². The van der Waals surface area contributed by atoms with E-state index in [9.17, 15) is 13.2 Å². The Kier molecular flexibility index (Phi) is 5.56. The Labute approximate surface area is 141 Å². The number of amides is 1. The maximum Gasteiger partial charge on any atom is 0.252 e. The first kappa shape index (κ1) is 17.4. The monoisotopic (exact) mass is 379 g/mol. The van der Waals surface area contributed by atoms with Crippen molar-refractivity contribution in [2.24, 2.45) is 0 Å². The molecular weight excluding hydrogens is 366 g/mol. The molecular formula is C12H14ClN3O3S3. The zero-order chi connectivity index (χ0) is 16.3. The average Bonchev–Trinajstić information content (AvgIpc) is 3.05. The van der Waals surface area contributed by atoms with Gasteiger partial charge in [0, 0.05) is 18.1 Å². The quantitative estimate of drug-likeness (QED) is 0.833. The summed E-state index contributed by atoms with van der Waals surface area (Å²) in [6, 6.07) is 2.94. The van der Waals surface area contributed by atoms with E-state index < -0.39 is 10.0 Å². The van der Waals surface area contributed by atoms with E-state index in [4.69, 9.17) is 11.6 Å². The number of thiazole rings is 1. The molecule has 0 saturated heterocycles. The zero-order valence-electron chi connectivity index (χ0n) is 11.9. The molecule has 0 bridgehead atoms. The number of nitrogens with zero attached hydrogens (tertiary/aromatic N) is 2. The Morgan fingerprint density at radius 2 is 2.14 bits per heavy atom. The molecule has 0 fully saturated rings. The number of carbonyl (C=O) groups is 1. The van der Waals surface area contributed by atoms with Crippen LogP contribution in [0.2, 0.25) is 4.34 Å². The minimum absolute atomic E-state index is 0.117. The molecule has 22 heavy (non-hydrogen) atoms. The zero-order valence-corrected chi connectivity index (χ0v) is 15.1. The lowest BCUT2D eigenvalue weighted by Crippen LogP contribution is -2.37. The van der Waals surface area contributed by atoms with Gasteiger partial charge in [0.1, 0.15) is 4.21 Å². The van der Waals surface area contributed by atoms with Crippen LogP contribution < -0.4 is 5.32 Å². The first-order chi connectivity index (χ1) is 10.3. The van der Waals surface area contributed by atoms with Crippen LogP contribution >= 0.6 is 34.3 Å². The molecule has 1 amide bonds. The lowest BCUT2D eigenvalue weighted by molar-refractivity contribution is -0.121. The third-order valence-corrected chi connectivity index (χ3v) is 7.12. The van der Waals surface area contributed by atoms with Crippen LogP contribution in [-0.2, 0) is 21.4 Å². The SMILES string of the molecule is Cc1ncc(CNC(=O)CN(C)S(=O)(=O)c2ccc(Cl)s2)s1. The summed E-state index contributed by atoms with van der Waals surface area (Å²) >= 11 is 8.19. The van der Waals surface area contributed by atoms with Gasteiger partial charge in [-0.2, -0.15) is 4.31 Å². The van der Waals surface area contributed by atoms with Crippen LogP contribution in [0.3, 0.4) is 0 Å². The normalized spacial score (nSPS) is 11.8. The molecule has 10 heteroatoms. The molecule has 2 aromatic heterocycles. The van der Waals surface area contributed by atoms with Gasteiger partial charge < -0.3 is 5.32 Å². The second-order valence-electron chi connectivity index (χ2n) is 4.44. The van der Waals surface area contributed by atoms with Crippen molar-refractivity contribution in [1.29, 1.82) is 0 Å². The largest absolute Gasteiger partial charge is 0.350 e. The second-order valence-corrected chi connectivity index (χ2v) is 9.75. The number of likely N-dealkylation sites (N-methyl/N-ethyl adjacent to an activating group) is 1. The number of aromatic nitrogens is 1. The number of sulfonamides is 1. The standard InChI is InChI=1S/C12H14ClN3O3S3/c1-8-14-5-9(20-8)6-15-11(17)7-16(2)22(18,19)12-4-3-10(13)21-12/h3-5H,6-7H2,1-2H3,(H,15,17). The van der Waals surface area contributed by atoms with Gasteiger partial charge in [-0.15, -0.1) is 22.7 Å². The highest BCUT2D eigenvalue weighted by molar-refractivity contribution is 7.91. The van der Waals surface area contributed by atoms with E-state index in [0.717, 1.165) is 25.5 Å². The highest BCUT2D eigenvalue weighted by atomic mass is 35.5. The first-order valence-corrected chi connectivity index (χ1v) is 9.64. The van der Waals surface area contributed by atoms with E-state index >= 15 is 0 Å². The minimum Gasteiger partial charge on any atom is -0.350 e. The van der Waals surface area contributed by atoms with Crippen LogP contribution in [0.4, 0.5) is 0 Å². The fraction of sp³-hybridized carbons (Fsp3) is 0.333. The van der Waals surface area contributed by atoms with E-state index in [0.29, 0.717) is 10.9 Å². The van der Waals surface area contributed by atoms with Crippen molar-refractivity contribution in [2.45, 2.75) is 17.7 Å². The molecule has 2 heterocycles. The number of hydrogen-bond donors (Lipinski definition) is 1. The summed E-state index contributed by atoms with van der Waals surface area (Å²) < 4.78 is 26.0. The lowest BCUT2D eigenvalue weighted by atomic mass is 10.5. The van der Waals surface area contributed by atoms with Gasteiger partial charge in [0.2, 0.25) is 5.91 Å². The van der Waals surface area contributed by atoms with Gasteiger partial charge in [-0.3, -0.25) is 4.79 Å². The van der Waals surface area contributed by atoms with Crippen LogP contribution in [0.25, 0.3) is 0 Å². The summed E-state index contributed by atoms with van der Waals surface area (Å²) in [5, 5.41) is 3.59. The Hall–Kier alpha value is -1.00.